The second-order valence-electron chi connectivity index (χ2n) is 3.74. The van der Waals surface area contributed by atoms with Gasteiger partial charge in [0.15, 0.2) is 0 Å². The molecule has 0 bridgehead atoms. The average molecular weight is 216 g/mol. The summed E-state index contributed by atoms with van der Waals surface area (Å²) in [4.78, 5) is 0. The van der Waals surface area contributed by atoms with E-state index in [4.69, 9.17) is 0 Å². The third-order valence-corrected chi connectivity index (χ3v) is 2.37. The molecular formula is C7H14F2O3S. The summed E-state index contributed by atoms with van der Waals surface area (Å²) in [6.07, 6.45) is 0.830. The van der Waals surface area contributed by atoms with Gasteiger partial charge < -0.3 is 0 Å². The maximum absolute atomic E-state index is 12.8. The molecule has 0 heterocycles. The van der Waals surface area contributed by atoms with Crippen LogP contribution in [-0.2, 0) is 14.3 Å². The van der Waals surface area contributed by atoms with E-state index >= 15 is 0 Å². The normalized spacial score (nSPS) is 14.6. The van der Waals surface area contributed by atoms with Gasteiger partial charge in [0, 0.05) is 0 Å². The van der Waals surface area contributed by atoms with E-state index in [-0.39, 0.29) is 0 Å². The molecule has 0 aliphatic heterocycles. The first-order valence-corrected chi connectivity index (χ1v) is 5.49. The third kappa shape index (κ3) is 4.52. The van der Waals surface area contributed by atoms with Crippen LogP contribution in [0.5, 0.6) is 0 Å². The van der Waals surface area contributed by atoms with Crippen molar-refractivity contribution in [1.29, 1.82) is 0 Å². The van der Waals surface area contributed by atoms with Crippen LogP contribution in [0.4, 0.5) is 8.78 Å². The van der Waals surface area contributed by atoms with Crippen molar-refractivity contribution in [2.75, 3.05) is 12.9 Å². The fraction of sp³-hybridized carbons (Fsp3) is 1.00. The predicted octanol–water partition coefficient (Wildman–Crippen LogP) is 1.64. The average Bonchev–Trinajstić information content (AvgIpc) is 1.79. The van der Waals surface area contributed by atoms with Gasteiger partial charge in [0.2, 0.25) is 0 Å². The number of alkyl halides is 2. The SMILES string of the molecule is CC(F)(F)C(C)(C)COS(C)(=O)=O. The topological polar surface area (TPSA) is 43.4 Å². The Labute approximate surface area is 77.2 Å². The van der Waals surface area contributed by atoms with Crippen molar-refractivity contribution in [2.24, 2.45) is 5.41 Å². The maximum atomic E-state index is 12.8. The Balaban J connectivity index is 4.38. The predicted molar refractivity (Wildman–Crippen MR) is 45.2 cm³/mol. The second kappa shape index (κ2) is 3.49. The molecule has 6 heteroatoms. The van der Waals surface area contributed by atoms with Gasteiger partial charge in [-0.1, -0.05) is 13.8 Å². The van der Waals surface area contributed by atoms with Crippen LogP contribution in [-0.4, -0.2) is 27.2 Å². The van der Waals surface area contributed by atoms with E-state index in [1.54, 1.807) is 0 Å². The van der Waals surface area contributed by atoms with Crippen molar-refractivity contribution < 1.29 is 21.4 Å². The zero-order valence-corrected chi connectivity index (χ0v) is 8.91. The minimum Gasteiger partial charge on any atom is -0.270 e. The smallest absolute Gasteiger partial charge is 0.264 e. The van der Waals surface area contributed by atoms with Crippen molar-refractivity contribution in [2.45, 2.75) is 26.7 Å². The van der Waals surface area contributed by atoms with Crippen LogP contribution in [0.3, 0.4) is 0 Å². The zero-order valence-electron chi connectivity index (χ0n) is 8.10. The highest BCUT2D eigenvalue weighted by molar-refractivity contribution is 7.85. The lowest BCUT2D eigenvalue weighted by Crippen LogP contribution is -2.38. The Kier molecular flexibility index (Phi) is 3.43. The van der Waals surface area contributed by atoms with Gasteiger partial charge in [0.25, 0.3) is 16.0 Å². The van der Waals surface area contributed by atoms with Gasteiger partial charge in [0.1, 0.15) is 0 Å². The maximum Gasteiger partial charge on any atom is 0.264 e. The quantitative estimate of drug-likeness (QED) is 0.671. The molecule has 0 spiro atoms. The molecule has 80 valence electrons. The molecule has 0 unspecified atom stereocenters. The molecule has 0 aromatic heterocycles. The molecule has 0 aliphatic carbocycles. The summed E-state index contributed by atoms with van der Waals surface area (Å²) in [5.41, 5.74) is -1.49. The monoisotopic (exact) mass is 216 g/mol. The second-order valence-corrected chi connectivity index (χ2v) is 5.38. The Hall–Kier alpha value is -0.230. The van der Waals surface area contributed by atoms with Crippen molar-refractivity contribution in [3.05, 3.63) is 0 Å². The minimum atomic E-state index is -3.65. The van der Waals surface area contributed by atoms with Crippen molar-refractivity contribution in [3.8, 4) is 0 Å². The van der Waals surface area contributed by atoms with Crippen LogP contribution in [0.15, 0.2) is 0 Å². The highest BCUT2D eigenvalue weighted by atomic mass is 32.2. The van der Waals surface area contributed by atoms with E-state index in [0.29, 0.717) is 0 Å². The number of hydrogen-bond donors (Lipinski definition) is 0. The molecule has 0 fully saturated rings. The zero-order chi connectivity index (χ0) is 10.9. The molecule has 0 saturated heterocycles. The lowest BCUT2D eigenvalue weighted by Gasteiger charge is -2.30. The Morgan fingerprint density at radius 3 is 1.85 bits per heavy atom. The Morgan fingerprint density at radius 1 is 1.23 bits per heavy atom. The van der Waals surface area contributed by atoms with E-state index in [1.807, 2.05) is 0 Å². The van der Waals surface area contributed by atoms with E-state index in [1.165, 1.54) is 13.8 Å². The molecule has 0 radical (unpaired) electrons. The van der Waals surface area contributed by atoms with E-state index < -0.39 is 28.1 Å². The molecule has 3 nitrogen and oxygen atoms in total. The Bertz CT molecular complexity index is 264. The van der Waals surface area contributed by atoms with Gasteiger partial charge in [-0.05, 0) is 6.92 Å². The van der Waals surface area contributed by atoms with Crippen LogP contribution in [0.25, 0.3) is 0 Å². The van der Waals surface area contributed by atoms with Gasteiger partial charge in [-0.15, -0.1) is 0 Å². The summed E-state index contributed by atoms with van der Waals surface area (Å²) in [5, 5.41) is 0. The first-order chi connectivity index (χ1) is 5.46. The first-order valence-electron chi connectivity index (χ1n) is 3.68. The van der Waals surface area contributed by atoms with Crippen LogP contribution >= 0.6 is 0 Å². The van der Waals surface area contributed by atoms with Crippen LogP contribution in [0.1, 0.15) is 20.8 Å². The van der Waals surface area contributed by atoms with Crippen molar-refractivity contribution >= 4 is 10.1 Å². The Morgan fingerprint density at radius 2 is 1.62 bits per heavy atom. The number of halogens is 2. The molecule has 0 amide bonds. The van der Waals surface area contributed by atoms with Crippen molar-refractivity contribution in [3.63, 3.8) is 0 Å². The highest BCUT2D eigenvalue weighted by Gasteiger charge is 2.42. The molecule has 13 heavy (non-hydrogen) atoms. The summed E-state index contributed by atoms with van der Waals surface area (Å²) in [6.45, 7) is 2.71. The summed E-state index contributed by atoms with van der Waals surface area (Å²) >= 11 is 0. The van der Waals surface area contributed by atoms with Gasteiger partial charge >= 0.3 is 0 Å². The van der Waals surface area contributed by atoms with E-state index in [0.717, 1.165) is 13.2 Å². The van der Waals surface area contributed by atoms with E-state index in [2.05, 4.69) is 4.18 Å². The summed E-state index contributed by atoms with van der Waals surface area (Å²) in [5.74, 6) is -2.97. The molecule has 0 saturated carbocycles. The summed E-state index contributed by atoms with van der Waals surface area (Å²) in [6, 6.07) is 0. The fourth-order valence-corrected chi connectivity index (χ4v) is 0.890. The van der Waals surface area contributed by atoms with Gasteiger partial charge in [-0.2, -0.15) is 8.42 Å². The molecule has 0 aromatic carbocycles. The summed E-state index contributed by atoms with van der Waals surface area (Å²) in [7, 11) is -3.65. The lowest BCUT2D eigenvalue weighted by molar-refractivity contribution is -0.104. The van der Waals surface area contributed by atoms with Crippen LogP contribution < -0.4 is 0 Å². The molecular weight excluding hydrogens is 202 g/mol. The van der Waals surface area contributed by atoms with Crippen LogP contribution in [0, 0.1) is 5.41 Å². The minimum absolute atomic E-state index is 0.519. The molecule has 0 atom stereocenters. The number of rotatable bonds is 4. The third-order valence-electron chi connectivity index (χ3n) is 1.82. The lowest BCUT2D eigenvalue weighted by atomic mass is 9.88. The highest BCUT2D eigenvalue weighted by Crippen LogP contribution is 2.35. The first kappa shape index (κ1) is 12.8. The standard InChI is InChI=1S/C7H14F2O3S/c1-6(2,7(3,8)9)5-12-13(4,10)11/h5H2,1-4H3. The number of hydrogen-bond acceptors (Lipinski definition) is 3. The van der Waals surface area contributed by atoms with Gasteiger partial charge in [-0.3, -0.25) is 4.18 Å². The van der Waals surface area contributed by atoms with Crippen LogP contribution in [0.2, 0.25) is 0 Å². The molecule has 0 aliphatic rings. The van der Waals surface area contributed by atoms with E-state index in [9.17, 15) is 17.2 Å². The molecule has 0 rings (SSSR count). The molecule has 0 N–H and O–H groups in total. The van der Waals surface area contributed by atoms with Gasteiger partial charge in [-0.25, -0.2) is 8.78 Å². The fourth-order valence-electron chi connectivity index (χ4n) is 0.381. The molecule has 0 aromatic rings. The largest absolute Gasteiger partial charge is 0.270 e. The van der Waals surface area contributed by atoms with Gasteiger partial charge in [0.05, 0.1) is 18.3 Å². The summed E-state index contributed by atoms with van der Waals surface area (Å²) < 4.78 is 51.0. The van der Waals surface area contributed by atoms with Crippen molar-refractivity contribution in [1.82, 2.24) is 0 Å².